The topological polar surface area (TPSA) is 12.5 Å². The smallest absolute Gasteiger partial charge is 0.0835 e. The number of nitrogens with zero attached hydrogens (tertiary/aromatic N) is 1. The van der Waals surface area contributed by atoms with E-state index in [1.54, 1.807) is 0 Å². The van der Waals surface area contributed by atoms with Crippen LogP contribution in [0.1, 0.15) is 13.8 Å². The van der Waals surface area contributed by atoms with E-state index in [-0.39, 0.29) is 17.9 Å². The van der Waals surface area contributed by atoms with Gasteiger partial charge in [-0.05, 0) is 13.8 Å². The Morgan fingerprint density at radius 2 is 2.14 bits per heavy atom. The number of hydrogen-bond acceptors (Lipinski definition) is 2. The Kier molecular flexibility index (Phi) is 6.55. The summed E-state index contributed by atoms with van der Waals surface area (Å²) in [6, 6.07) is 0. The Bertz CT molecular complexity index is 220. The molecule has 0 amide bonds. The van der Waals surface area contributed by atoms with E-state index in [1.165, 1.54) is 0 Å². The zero-order valence-corrected chi connectivity index (χ0v) is 10.2. The molecule has 1 saturated heterocycles. The van der Waals surface area contributed by atoms with Crippen molar-refractivity contribution in [2.24, 2.45) is 0 Å². The van der Waals surface area contributed by atoms with Crippen molar-refractivity contribution in [3.63, 3.8) is 0 Å². The molecule has 1 fully saturated rings. The Hall–Kier alpha value is 0.0600. The first kappa shape index (κ1) is 14.1. The zero-order valence-electron chi connectivity index (χ0n) is 8.68. The molecule has 0 saturated carbocycles. The number of hydrogen-bond donors (Lipinski definition) is 0. The first-order valence-corrected chi connectivity index (χ1v) is 5.05. The Morgan fingerprint density at radius 3 is 2.71 bits per heavy atom. The highest BCUT2D eigenvalue weighted by Crippen LogP contribution is 2.17. The maximum atomic E-state index is 5.47. The molecule has 14 heavy (non-hydrogen) atoms. The van der Waals surface area contributed by atoms with E-state index in [0.29, 0.717) is 5.88 Å². The van der Waals surface area contributed by atoms with Crippen molar-refractivity contribution in [1.82, 2.24) is 4.90 Å². The zero-order chi connectivity index (χ0) is 9.73. The summed E-state index contributed by atoms with van der Waals surface area (Å²) in [5.74, 6) is 6.34. The van der Waals surface area contributed by atoms with E-state index in [0.717, 1.165) is 26.3 Å². The van der Waals surface area contributed by atoms with E-state index in [9.17, 15) is 0 Å². The fourth-order valence-electron chi connectivity index (χ4n) is 1.38. The Morgan fingerprint density at radius 1 is 1.43 bits per heavy atom. The molecule has 0 aromatic carbocycles. The fraction of sp³-hybridized carbons (Fsp3) is 0.800. The van der Waals surface area contributed by atoms with Crippen molar-refractivity contribution in [1.29, 1.82) is 0 Å². The summed E-state index contributed by atoms with van der Waals surface area (Å²) < 4.78 is 5.41. The maximum absolute atomic E-state index is 5.47. The molecule has 1 rings (SSSR count). The standard InChI is InChI=1S/C10H16ClNO.ClH/c1-10(2)9-13-8-7-12(10)6-4-3-5-11;/h5-9H2,1-2H3;1H. The summed E-state index contributed by atoms with van der Waals surface area (Å²) in [4.78, 5) is 2.33. The lowest BCUT2D eigenvalue weighted by molar-refractivity contribution is -0.0440. The summed E-state index contributed by atoms with van der Waals surface area (Å²) in [6.07, 6.45) is 0. The summed E-state index contributed by atoms with van der Waals surface area (Å²) in [5, 5.41) is 0. The lowest BCUT2D eigenvalue weighted by Crippen LogP contribution is -2.52. The minimum Gasteiger partial charge on any atom is -0.378 e. The van der Waals surface area contributed by atoms with Crippen LogP contribution >= 0.6 is 24.0 Å². The fourth-order valence-corrected chi connectivity index (χ4v) is 1.48. The summed E-state index contributed by atoms with van der Waals surface area (Å²) >= 11 is 5.47. The first-order chi connectivity index (χ1) is 6.17. The van der Waals surface area contributed by atoms with Crippen LogP contribution in [-0.2, 0) is 4.74 Å². The van der Waals surface area contributed by atoms with Crippen molar-refractivity contribution < 1.29 is 4.74 Å². The highest BCUT2D eigenvalue weighted by Gasteiger charge is 2.29. The van der Waals surface area contributed by atoms with E-state index in [4.69, 9.17) is 16.3 Å². The van der Waals surface area contributed by atoms with Gasteiger partial charge in [-0.15, -0.1) is 24.0 Å². The third-order valence-electron chi connectivity index (χ3n) is 2.28. The Labute approximate surface area is 97.3 Å². The van der Waals surface area contributed by atoms with Gasteiger partial charge in [0.1, 0.15) is 0 Å². The van der Waals surface area contributed by atoms with E-state index >= 15 is 0 Å². The predicted molar refractivity (Wildman–Crippen MR) is 62.2 cm³/mol. The molecular formula is C10H17Cl2NO. The quantitative estimate of drug-likeness (QED) is 0.510. The molecule has 0 radical (unpaired) electrons. The molecular weight excluding hydrogens is 221 g/mol. The largest absolute Gasteiger partial charge is 0.378 e. The van der Waals surface area contributed by atoms with Crippen LogP contribution in [0, 0.1) is 11.8 Å². The van der Waals surface area contributed by atoms with Gasteiger partial charge in [-0.3, -0.25) is 4.90 Å². The molecule has 0 N–H and O–H groups in total. The van der Waals surface area contributed by atoms with Gasteiger partial charge < -0.3 is 4.74 Å². The van der Waals surface area contributed by atoms with Gasteiger partial charge in [-0.25, -0.2) is 0 Å². The highest BCUT2D eigenvalue weighted by molar-refractivity contribution is 6.19. The second-order valence-electron chi connectivity index (χ2n) is 3.77. The van der Waals surface area contributed by atoms with Crippen LogP contribution in [-0.4, -0.2) is 42.6 Å². The summed E-state index contributed by atoms with van der Waals surface area (Å²) in [5.41, 5.74) is 0.110. The lowest BCUT2D eigenvalue weighted by atomic mass is 10.0. The molecule has 0 aromatic heterocycles. The van der Waals surface area contributed by atoms with Crippen molar-refractivity contribution >= 4 is 24.0 Å². The summed E-state index contributed by atoms with van der Waals surface area (Å²) in [6.45, 7) is 7.71. The van der Waals surface area contributed by atoms with Crippen molar-refractivity contribution in [3.05, 3.63) is 0 Å². The molecule has 0 unspecified atom stereocenters. The van der Waals surface area contributed by atoms with Gasteiger partial charge in [0.25, 0.3) is 0 Å². The average molecular weight is 238 g/mol. The minimum atomic E-state index is 0. The Balaban J connectivity index is 0.00000169. The van der Waals surface area contributed by atoms with E-state index in [2.05, 4.69) is 30.6 Å². The highest BCUT2D eigenvalue weighted by atomic mass is 35.5. The predicted octanol–water partition coefficient (Wildman–Crippen LogP) is 1.76. The second kappa shape index (κ2) is 6.53. The van der Waals surface area contributed by atoms with Gasteiger partial charge in [0.2, 0.25) is 0 Å². The molecule has 1 aliphatic rings. The van der Waals surface area contributed by atoms with Gasteiger partial charge in [-0.1, -0.05) is 11.8 Å². The number of halogens is 2. The van der Waals surface area contributed by atoms with E-state index < -0.39 is 0 Å². The molecule has 4 heteroatoms. The van der Waals surface area contributed by atoms with Crippen LogP contribution in [0.5, 0.6) is 0 Å². The number of rotatable bonds is 1. The third-order valence-corrected chi connectivity index (χ3v) is 2.41. The normalized spacial score (nSPS) is 20.5. The van der Waals surface area contributed by atoms with Crippen LogP contribution in [0.4, 0.5) is 0 Å². The molecule has 0 aromatic rings. The molecule has 1 heterocycles. The van der Waals surface area contributed by atoms with Crippen LogP contribution < -0.4 is 0 Å². The molecule has 2 nitrogen and oxygen atoms in total. The summed E-state index contributed by atoms with van der Waals surface area (Å²) in [7, 11) is 0. The van der Waals surface area contributed by atoms with E-state index in [1.807, 2.05) is 0 Å². The van der Waals surface area contributed by atoms with Crippen LogP contribution in [0.3, 0.4) is 0 Å². The molecule has 1 aliphatic heterocycles. The monoisotopic (exact) mass is 237 g/mol. The van der Waals surface area contributed by atoms with Gasteiger partial charge in [0.15, 0.2) is 0 Å². The number of alkyl halides is 1. The van der Waals surface area contributed by atoms with Crippen LogP contribution in [0.2, 0.25) is 0 Å². The third kappa shape index (κ3) is 4.06. The van der Waals surface area contributed by atoms with Crippen LogP contribution in [0.15, 0.2) is 0 Å². The molecule has 0 aliphatic carbocycles. The minimum absolute atomic E-state index is 0. The van der Waals surface area contributed by atoms with Gasteiger partial charge in [0.05, 0.1) is 25.6 Å². The number of ether oxygens (including phenoxy) is 1. The maximum Gasteiger partial charge on any atom is 0.0835 e. The molecule has 0 spiro atoms. The van der Waals surface area contributed by atoms with Crippen molar-refractivity contribution in [2.45, 2.75) is 19.4 Å². The molecule has 0 atom stereocenters. The van der Waals surface area contributed by atoms with Gasteiger partial charge in [-0.2, -0.15) is 0 Å². The SMILES string of the molecule is CC1(C)COCCN1CC#CCCl.Cl. The van der Waals surface area contributed by atoms with Gasteiger partial charge >= 0.3 is 0 Å². The average Bonchev–Trinajstić information content (AvgIpc) is 2.08. The molecule has 0 bridgehead atoms. The lowest BCUT2D eigenvalue weighted by Gasteiger charge is -2.40. The number of morpholine rings is 1. The van der Waals surface area contributed by atoms with Crippen LogP contribution in [0.25, 0.3) is 0 Å². The van der Waals surface area contributed by atoms with Crippen molar-refractivity contribution in [2.75, 3.05) is 32.2 Å². The first-order valence-electron chi connectivity index (χ1n) is 4.51. The second-order valence-corrected chi connectivity index (χ2v) is 4.04. The van der Waals surface area contributed by atoms with Gasteiger partial charge in [0, 0.05) is 12.1 Å². The van der Waals surface area contributed by atoms with Crippen molar-refractivity contribution in [3.8, 4) is 11.8 Å². The molecule has 82 valence electrons.